The van der Waals surface area contributed by atoms with Crippen LogP contribution in [0.15, 0.2) is 54.6 Å². The fourth-order valence-electron chi connectivity index (χ4n) is 3.87. The van der Waals surface area contributed by atoms with Crippen molar-refractivity contribution in [2.24, 2.45) is 0 Å². The van der Waals surface area contributed by atoms with E-state index in [1.54, 1.807) is 6.08 Å². The minimum Gasteiger partial charge on any atom is -0.494 e. The first-order valence-electron chi connectivity index (χ1n) is 11.3. The Morgan fingerprint density at radius 1 is 0.690 bits per heavy atom. The average Bonchev–Trinajstić information content (AvgIpc) is 3.19. The number of rotatable bonds is 12. The zero-order chi connectivity index (χ0) is 20.3. The Balaban J connectivity index is 1.40. The SMILES string of the molecule is CCCCCCCCCCOc1ccc(-c2ccc(C3=CC(=O)CC3)cc2)cc1. The van der Waals surface area contributed by atoms with Gasteiger partial charge >= 0.3 is 0 Å². The number of benzene rings is 2. The van der Waals surface area contributed by atoms with Gasteiger partial charge in [0.15, 0.2) is 5.78 Å². The van der Waals surface area contributed by atoms with Crippen molar-refractivity contribution in [3.8, 4) is 16.9 Å². The summed E-state index contributed by atoms with van der Waals surface area (Å²) in [5.74, 6) is 1.19. The lowest BCUT2D eigenvalue weighted by atomic mass is 10.00. The highest BCUT2D eigenvalue weighted by molar-refractivity contribution is 6.01. The average molecular weight is 391 g/mol. The molecule has 0 saturated carbocycles. The molecular weight excluding hydrogens is 356 g/mol. The molecule has 2 aromatic carbocycles. The monoisotopic (exact) mass is 390 g/mol. The maximum absolute atomic E-state index is 11.4. The van der Waals surface area contributed by atoms with E-state index in [0.29, 0.717) is 6.42 Å². The number of allylic oxidation sites excluding steroid dienone is 2. The van der Waals surface area contributed by atoms with Gasteiger partial charge in [-0.2, -0.15) is 0 Å². The predicted octanol–water partition coefficient (Wildman–Crippen LogP) is 7.62. The van der Waals surface area contributed by atoms with Crippen LogP contribution in [0, 0.1) is 0 Å². The van der Waals surface area contributed by atoms with E-state index in [2.05, 4.69) is 55.5 Å². The Morgan fingerprint density at radius 2 is 1.24 bits per heavy atom. The highest BCUT2D eigenvalue weighted by Crippen LogP contribution is 2.29. The zero-order valence-electron chi connectivity index (χ0n) is 17.8. The normalized spacial score (nSPS) is 13.6. The Labute approximate surface area is 176 Å². The van der Waals surface area contributed by atoms with Gasteiger partial charge in [0.25, 0.3) is 0 Å². The quantitative estimate of drug-likeness (QED) is 0.348. The Morgan fingerprint density at radius 3 is 1.83 bits per heavy atom. The van der Waals surface area contributed by atoms with Crippen LogP contribution in [-0.4, -0.2) is 12.4 Å². The molecule has 0 saturated heterocycles. The second-order valence-corrected chi connectivity index (χ2v) is 8.06. The third kappa shape index (κ3) is 6.88. The van der Waals surface area contributed by atoms with Crippen molar-refractivity contribution in [1.82, 2.24) is 0 Å². The lowest BCUT2D eigenvalue weighted by Gasteiger charge is -2.08. The molecule has 0 spiro atoms. The van der Waals surface area contributed by atoms with Crippen LogP contribution in [0.1, 0.15) is 76.7 Å². The first-order valence-corrected chi connectivity index (χ1v) is 11.3. The first kappa shape index (κ1) is 21.4. The van der Waals surface area contributed by atoms with E-state index >= 15 is 0 Å². The van der Waals surface area contributed by atoms with Gasteiger partial charge in [-0.05, 0) is 53.3 Å². The molecule has 29 heavy (non-hydrogen) atoms. The van der Waals surface area contributed by atoms with E-state index in [1.807, 2.05) is 0 Å². The summed E-state index contributed by atoms with van der Waals surface area (Å²) < 4.78 is 5.90. The summed E-state index contributed by atoms with van der Waals surface area (Å²) in [6.07, 6.45) is 13.9. The Kier molecular flexibility index (Phi) is 8.55. The molecule has 0 amide bonds. The van der Waals surface area contributed by atoms with Gasteiger partial charge in [-0.15, -0.1) is 0 Å². The van der Waals surface area contributed by atoms with Crippen molar-refractivity contribution in [2.75, 3.05) is 6.61 Å². The number of unbranched alkanes of at least 4 members (excludes halogenated alkanes) is 7. The molecule has 2 nitrogen and oxygen atoms in total. The van der Waals surface area contributed by atoms with Crippen molar-refractivity contribution in [1.29, 1.82) is 0 Å². The maximum atomic E-state index is 11.4. The van der Waals surface area contributed by atoms with Gasteiger partial charge in [-0.25, -0.2) is 0 Å². The molecule has 1 aliphatic carbocycles. The van der Waals surface area contributed by atoms with Crippen molar-refractivity contribution < 1.29 is 9.53 Å². The molecule has 0 fully saturated rings. The summed E-state index contributed by atoms with van der Waals surface area (Å²) in [5, 5.41) is 0. The Bertz CT molecular complexity index is 784. The molecule has 0 N–H and O–H groups in total. The minimum atomic E-state index is 0.242. The van der Waals surface area contributed by atoms with Crippen molar-refractivity contribution >= 4 is 11.4 Å². The van der Waals surface area contributed by atoms with Crippen molar-refractivity contribution in [2.45, 2.75) is 71.1 Å². The second kappa shape index (κ2) is 11.6. The number of ketones is 1. The molecule has 1 aliphatic rings. The highest BCUT2D eigenvalue weighted by atomic mass is 16.5. The number of carbonyl (C=O) groups is 1. The number of carbonyl (C=O) groups excluding carboxylic acids is 1. The maximum Gasteiger partial charge on any atom is 0.156 e. The van der Waals surface area contributed by atoms with Gasteiger partial charge in [-0.3, -0.25) is 4.79 Å². The fraction of sp³-hybridized carbons (Fsp3) is 0.444. The van der Waals surface area contributed by atoms with Crippen LogP contribution in [-0.2, 0) is 4.79 Å². The van der Waals surface area contributed by atoms with E-state index < -0.39 is 0 Å². The van der Waals surface area contributed by atoms with Gasteiger partial charge in [0.05, 0.1) is 6.61 Å². The molecular formula is C27H34O2. The van der Waals surface area contributed by atoms with Crippen LogP contribution in [0.25, 0.3) is 16.7 Å². The van der Waals surface area contributed by atoms with Gasteiger partial charge in [0.2, 0.25) is 0 Å². The van der Waals surface area contributed by atoms with E-state index in [4.69, 9.17) is 4.74 Å². The molecule has 0 atom stereocenters. The number of hydrogen-bond acceptors (Lipinski definition) is 2. The van der Waals surface area contributed by atoms with Gasteiger partial charge in [0, 0.05) is 6.42 Å². The van der Waals surface area contributed by atoms with Gasteiger partial charge < -0.3 is 4.74 Å². The Hall–Kier alpha value is -2.35. The van der Waals surface area contributed by atoms with Crippen LogP contribution in [0.3, 0.4) is 0 Å². The summed E-state index contributed by atoms with van der Waals surface area (Å²) in [6.45, 7) is 3.07. The third-order valence-corrected chi connectivity index (χ3v) is 5.69. The standard InChI is InChI=1S/C27H34O2/c1-2-3-4-5-6-7-8-9-20-29-27-18-15-23(16-19-27)22-10-12-24(13-11-22)25-14-17-26(28)21-25/h10-13,15-16,18-19,21H,2-9,14,17,20H2,1H3. The van der Waals surface area contributed by atoms with Crippen LogP contribution in [0.5, 0.6) is 5.75 Å². The predicted molar refractivity (Wildman–Crippen MR) is 122 cm³/mol. The van der Waals surface area contributed by atoms with E-state index in [0.717, 1.165) is 36.3 Å². The summed E-state index contributed by atoms with van der Waals surface area (Å²) in [7, 11) is 0. The van der Waals surface area contributed by atoms with Gasteiger partial charge in [0.1, 0.15) is 5.75 Å². The molecule has 3 rings (SSSR count). The molecule has 0 aliphatic heterocycles. The summed E-state index contributed by atoms with van der Waals surface area (Å²) in [5.41, 5.74) is 4.69. The van der Waals surface area contributed by atoms with Crippen LogP contribution in [0.2, 0.25) is 0 Å². The van der Waals surface area contributed by atoms with Crippen LogP contribution >= 0.6 is 0 Å². The fourth-order valence-corrected chi connectivity index (χ4v) is 3.87. The van der Waals surface area contributed by atoms with E-state index in [9.17, 15) is 4.79 Å². The summed E-state index contributed by atoms with van der Waals surface area (Å²) in [6, 6.07) is 16.9. The van der Waals surface area contributed by atoms with E-state index in [1.165, 1.54) is 56.1 Å². The smallest absolute Gasteiger partial charge is 0.156 e. The van der Waals surface area contributed by atoms with Gasteiger partial charge in [-0.1, -0.05) is 88.3 Å². The second-order valence-electron chi connectivity index (χ2n) is 8.06. The summed E-state index contributed by atoms with van der Waals surface area (Å²) >= 11 is 0. The number of hydrogen-bond donors (Lipinski definition) is 0. The molecule has 0 bridgehead atoms. The molecule has 0 radical (unpaired) electrons. The highest BCUT2D eigenvalue weighted by Gasteiger charge is 2.13. The lowest BCUT2D eigenvalue weighted by molar-refractivity contribution is -0.114. The molecule has 0 unspecified atom stereocenters. The van der Waals surface area contributed by atoms with Crippen LogP contribution < -0.4 is 4.74 Å². The van der Waals surface area contributed by atoms with Crippen molar-refractivity contribution in [3.63, 3.8) is 0 Å². The molecule has 2 aromatic rings. The molecule has 0 heterocycles. The first-order chi connectivity index (χ1) is 14.3. The zero-order valence-corrected chi connectivity index (χ0v) is 17.8. The van der Waals surface area contributed by atoms with Crippen LogP contribution in [0.4, 0.5) is 0 Å². The lowest BCUT2D eigenvalue weighted by Crippen LogP contribution is -1.97. The minimum absolute atomic E-state index is 0.242. The molecule has 2 heteroatoms. The molecule has 154 valence electrons. The third-order valence-electron chi connectivity index (χ3n) is 5.69. The summed E-state index contributed by atoms with van der Waals surface area (Å²) in [4.78, 5) is 11.4. The molecule has 0 aromatic heterocycles. The topological polar surface area (TPSA) is 26.3 Å². The van der Waals surface area contributed by atoms with E-state index in [-0.39, 0.29) is 5.78 Å². The van der Waals surface area contributed by atoms with Crippen molar-refractivity contribution in [3.05, 3.63) is 60.2 Å². The largest absolute Gasteiger partial charge is 0.494 e. The number of ether oxygens (including phenoxy) is 1.